The van der Waals surface area contributed by atoms with Crippen LogP contribution >= 0.6 is 0 Å². The van der Waals surface area contributed by atoms with Gasteiger partial charge in [0.05, 0.1) is 18.2 Å². The average molecular weight is 529 g/mol. The van der Waals surface area contributed by atoms with Gasteiger partial charge in [-0.25, -0.2) is 0 Å². The topological polar surface area (TPSA) is 80.6 Å². The number of carboxylic acids is 1. The van der Waals surface area contributed by atoms with Crippen LogP contribution in [0.5, 0.6) is 5.75 Å². The molecule has 0 bridgehead atoms. The van der Waals surface area contributed by atoms with Crippen LogP contribution in [0.2, 0.25) is 0 Å². The summed E-state index contributed by atoms with van der Waals surface area (Å²) in [5.74, 6) is 0.693. The molecule has 0 unspecified atom stereocenters. The predicted octanol–water partition coefficient (Wildman–Crippen LogP) is 7.15. The van der Waals surface area contributed by atoms with Gasteiger partial charge in [0.2, 0.25) is 0 Å². The van der Waals surface area contributed by atoms with Crippen molar-refractivity contribution in [3.8, 4) is 17.0 Å². The van der Waals surface area contributed by atoms with Crippen LogP contribution < -0.4 is 10.1 Å². The Balaban J connectivity index is 1.35. The number of benzene rings is 2. The summed E-state index contributed by atoms with van der Waals surface area (Å²) in [6.45, 7) is 5.50. The SMILES string of the molecule is CC(C)(NC(=O)c1ccc2c(C3CCCCC3)c3n(c2c1)CCOc1ccccc1-3)C1CCC(C(=O)O)CC1. The third kappa shape index (κ3) is 4.83. The van der Waals surface area contributed by atoms with Gasteiger partial charge in [-0.15, -0.1) is 0 Å². The van der Waals surface area contributed by atoms with E-state index >= 15 is 0 Å². The van der Waals surface area contributed by atoms with Crippen molar-refractivity contribution in [1.29, 1.82) is 0 Å². The maximum atomic E-state index is 13.6. The highest BCUT2D eigenvalue weighted by atomic mass is 16.5. The van der Waals surface area contributed by atoms with Gasteiger partial charge in [-0.1, -0.05) is 37.5 Å². The summed E-state index contributed by atoms with van der Waals surface area (Å²) >= 11 is 0. The molecule has 0 saturated heterocycles. The fourth-order valence-corrected chi connectivity index (χ4v) is 7.41. The number of carbonyl (C=O) groups excluding carboxylic acids is 1. The van der Waals surface area contributed by atoms with E-state index in [1.165, 1.54) is 48.7 Å². The number of nitrogens with one attached hydrogen (secondary N) is 1. The van der Waals surface area contributed by atoms with E-state index in [0.717, 1.165) is 36.2 Å². The summed E-state index contributed by atoms with van der Waals surface area (Å²) < 4.78 is 8.57. The van der Waals surface area contributed by atoms with E-state index in [1.54, 1.807) is 0 Å². The zero-order chi connectivity index (χ0) is 27.1. The first-order valence-electron chi connectivity index (χ1n) is 14.8. The molecule has 39 heavy (non-hydrogen) atoms. The van der Waals surface area contributed by atoms with E-state index in [2.05, 4.69) is 54.1 Å². The van der Waals surface area contributed by atoms with Gasteiger partial charge in [0, 0.05) is 27.6 Å². The zero-order valence-corrected chi connectivity index (χ0v) is 23.2. The lowest BCUT2D eigenvalue weighted by Gasteiger charge is -2.39. The van der Waals surface area contributed by atoms with E-state index in [-0.39, 0.29) is 17.7 Å². The van der Waals surface area contributed by atoms with Crippen LogP contribution in [0.4, 0.5) is 0 Å². The molecule has 2 aromatic carbocycles. The Morgan fingerprint density at radius 2 is 1.72 bits per heavy atom. The number of hydrogen-bond acceptors (Lipinski definition) is 3. The maximum absolute atomic E-state index is 13.6. The second kappa shape index (κ2) is 10.4. The molecule has 6 nitrogen and oxygen atoms in total. The first-order valence-corrected chi connectivity index (χ1v) is 14.8. The standard InChI is InChI=1S/C33H40N2O4/c1-33(2,24-15-12-22(13-16-24)32(37)38)34-31(36)23-14-17-25-27(20-23)35-18-19-39-28-11-7-6-10-26(28)30(35)29(25)21-8-4-3-5-9-21/h6-7,10-11,14,17,20-22,24H,3-5,8-9,12-13,15-16,18-19H2,1-2H3,(H,34,36)(H,37,38). The molecule has 0 spiro atoms. The number of aliphatic carboxylic acids is 1. The average Bonchev–Trinajstić information content (AvgIpc) is 3.14. The molecule has 3 aromatic rings. The summed E-state index contributed by atoms with van der Waals surface area (Å²) in [6, 6.07) is 14.6. The summed E-state index contributed by atoms with van der Waals surface area (Å²) in [4.78, 5) is 25.0. The number of carbonyl (C=O) groups is 2. The van der Waals surface area contributed by atoms with Crippen molar-refractivity contribution in [3.63, 3.8) is 0 Å². The number of fused-ring (bicyclic) bond motifs is 5. The lowest BCUT2D eigenvalue weighted by atomic mass is 9.73. The molecule has 1 aliphatic heterocycles. The van der Waals surface area contributed by atoms with Gasteiger partial charge in [-0.3, -0.25) is 9.59 Å². The number of amides is 1. The molecule has 1 amide bonds. The van der Waals surface area contributed by atoms with Gasteiger partial charge in [0.25, 0.3) is 5.91 Å². The van der Waals surface area contributed by atoms with Crippen molar-refractivity contribution >= 4 is 22.8 Å². The molecule has 0 atom stereocenters. The molecule has 2 N–H and O–H groups in total. The van der Waals surface area contributed by atoms with Gasteiger partial charge < -0.3 is 19.7 Å². The molecule has 1 aromatic heterocycles. The Morgan fingerprint density at radius 3 is 2.46 bits per heavy atom. The number of ether oxygens (including phenoxy) is 1. The van der Waals surface area contributed by atoms with E-state index in [4.69, 9.17) is 4.74 Å². The minimum Gasteiger partial charge on any atom is -0.491 e. The van der Waals surface area contributed by atoms with Crippen molar-refractivity contribution in [2.45, 2.75) is 89.6 Å². The van der Waals surface area contributed by atoms with Crippen molar-refractivity contribution in [2.24, 2.45) is 11.8 Å². The number of para-hydroxylation sites is 1. The number of carboxylic acid groups (broad SMARTS) is 1. The number of rotatable bonds is 5. The second-order valence-corrected chi connectivity index (χ2v) is 12.4. The number of aromatic nitrogens is 1. The van der Waals surface area contributed by atoms with Crippen LogP contribution in [0.1, 0.15) is 93.5 Å². The van der Waals surface area contributed by atoms with Crippen molar-refractivity contribution < 1.29 is 19.4 Å². The molecular formula is C33H40N2O4. The minimum atomic E-state index is -0.699. The largest absolute Gasteiger partial charge is 0.491 e. The third-order valence-corrected chi connectivity index (χ3v) is 9.63. The van der Waals surface area contributed by atoms with E-state index in [9.17, 15) is 14.7 Å². The van der Waals surface area contributed by atoms with E-state index in [0.29, 0.717) is 30.9 Å². The summed E-state index contributed by atoms with van der Waals surface area (Å²) in [7, 11) is 0. The van der Waals surface area contributed by atoms with Crippen molar-refractivity contribution in [1.82, 2.24) is 9.88 Å². The Hall–Kier alpha value is -3.28. The van der Waals surface area contributed by atoms with Gasteiger partial charge in [-0.05, 0) is 94.0 Å². The molecule has 206 valence electrons. The van der Waals surface area contributed by atoms with Gasteiger partial charge in [-0.2, -0.15) is 0 Å². The van der Waals surface area contributed by atoms with Crippen molar-refractivity contribution in [2.75, 3.05) is 6.61 Å². The molecule has 2 saturated carbocycles. The van der Waals surface area contributed by atoms with E-state index in [1.807, 2.05) is 12.1 Å². The Morgan fingerprint density at radius 1 is 0.974 bits per heavy atom. The van der Waals surface area contributed by atoms with Crippen LogP contribution in [-0.4, -0.2) is 33.7 Å². The molecule has 2 fully saturated rings. The summed E-state index contributed by atoms with van der Waals surface area (Å²) in [5, 5.41) is 13.9. The second-order valence-electron chi connectivity index (χ2n) is 12.4. The first kappa shape index (κ1) is 26.0. The van der Waals surface area contributed by atoms with E-state index < -0.39 is 11.5 Å². The monoisotopic (exact) mass is 528 g/mol. The highest BCUT2D eigenvalue weighted by Gasteiger charge is 2.36. The maximum Gasteiger partial charge on any atom is 0.306 e. The normalized spacial score (nSPS) is 21.9. The van der Waals surface area contributed by atoms with Gasteiger partial charge in [0.15, 0.2) is 0 Å². The number of hydrogen-bond donors (Lipinski definition) is 2. The van der Waals surface area contributed by atoms with Crippen LogP contribution in [-0.2, 0) is 11.3 Å². The smallest absolute Gasteiger partial charge is 0.306 e. The Labute approximate surface area is 230 Å². The minimum absolute atomic E-state index is 0.0673. The third-order valence-electron chi connectivity index (χ3n) is 9.63. The molecule has 3 aliphatic rings. The highest BCUT2D eigenvalue weighted by Crippen LogP contribution is 2.47. The lowest BCUT2D eigenvalue weighted by molar-refractivity contribution is -0.143. The summed E-state index contributed by atoms with van der Waals surface area (Å²) in [6.07, 6.45) is 9.23. The molecule has 2 heterocycles. The molecule has 6 heteroatoms. The zero-order valence-electron chi connectivity index (χ0n) is 23.2. The van der Waals surface area contributed by atoms with Gasteiger partial charge >= 0.3 is 5.97 Å². The molecular weight excluding hydrogens is 488 g/mol. The van der Waals surface area contributed by atoms with Crippen LogP contribution in [0.15, 0.2) is 42.5 Å². The predicted molar refractivity (Wildman–Crippen MR) is 153 cm³/mol. The van der Waals surface area contributed by atoms with Crippen LogP contribution in [0.3, 0.4) is 0 Å². The van der Waals surface area contributed by atoms with Crippen LogP contribution in [0.25, 0.3) is 22.2 Å². The molecule has 0 radical (unpaired) electrons. The quantitative estimate of drug-likeness (QED) is 0.369. The number of nitrogens with zero attached hydrogens (tertiary/aromatic N) is 1. The molecule has 6 rings (SSSR count). The lowest BCUT2D eigenvalue weighted by Crippen LogP contribution is -2.50. The van der Waals surface area contributed by atoms with Crippen molar-refractivity contribution in [3.05, 3.63) is 53.6 Å². The van der Waals surface area contributed by atoms with Crippen LogP contribution in [0, 0.1) is 11.8 Å². The Kier molecular flexibility index (Phi) is 6.90. The Bertz CT molecular complexity index is 1390. The highest BCUT2D eigenvalue weighted by molar-refractivity contribution is 6.01. The van der Waals surface area contributed by atoms with Gasteiger partial charge in [0.1, 0.15) is 12.4 Å². The first-order chi connectivity index (χ1) is 18.8. The fraction of sp³-hybridized carbons (Fsp3) is 0.515. The fourth-order valence-electron chi connectivity index (χ4n) is 7.41. The summed E-state index contributed by atoms with van der Waals surface area (Å²) in [5.41, 5.74) is 5.20. The molecule has 2 aliphatic carbocycles.